The minimum absolute atomic E-state index is 0.188. The number of hydrogen-bond donors (Lipinski definition) is 0. The number of piperidine rings is 1. The molecule has 3 saturated heterocycles. The fraction of sp³-hybridized carbons (Fsp3) is 0.652. The molecule has 0 aliphatic carbocycles. The number of nitrogens with zero attached hydrogens (tertiary/aromatic N) is 4. The van der Waals surface area contributed by atoms with Gasteiger partial charge in [0.25, 0.3) is 0 Å². The Labute approximate surface area is 184 Å². The predicted molar refractivity (Wildman–Crippen MR) is 116 cm³/mol. The van der Waals surface area contributed by atoms with Crippen molar-refractivity contribution >= 4 is 12.1 Å². The molecule has 0 aromatic heterocycles. The van der Waals surface area contributed by atoms with Crippen molar-refractivity contribution in [2.75, 3.05) is 60.0 Å². The Balaban J connectivity index is 1.38. The smallest absolute Gasteiger partial charge is 0.411 e. The number of amides is 1. The molecular weight excluding hydrogens is 396 g/mol. The average Bonchev–Trinajstić information content (AvgIpc) is 3.13. The first-order valence-electron chi connectivity index (χ1n) is 11.3. The summed E-state index contributed by atoms with van der Waals surface area (Å²) in [4.78, 5) is 32.6. The summed E-state index contributed by atoms with van der Waals surface area (Å²) < 4.78 is 10.5. The highest BCUT2D eigenvalue weighted by Crippen LogP contribution is 2.29. The van der Waals surface area contributed by atoms with Gasteiger partial charge < -0.3 is 14.4 Å². The van der Waals surface area contributed by atoms with Crippen LogP contribution in [0.5, 0.6) is 0 Å². The first-order chi connectivity index (χ1) is 15.0. The number of likely N-dealkylation sites (tertiary alicyclic amines) is 1. The van der Waals surface area contributed by atoms with Crippen LogP contribution in [0.4, 0.5) is 4.79 Å². The van der Waals surface area contributed by atoms with Crippen LogP contribution >= 0.6 is 0 Å². The fourth-order valence-corrected chi connectivity index (χ4v) is 5.09. The van der Waals surface area contributed by atoms with Crippen molar-refractivity contribution in [2.45, 2.75) is 31.7 Å². The Kier molecular flexibility index (Phi) is 7.09. The topological polar surface area (TPSA) is 65.6 Å². The van der Waals surface area contributed by atoms with E-state index in [9.17, 15) is 9.59 Å². The number of carbonyl (C=O) groups excluding carboxylic acids is 2. The van der Waals surface area contributed by atoms with Crippen molar-refractivity contribution in [2.24, 2.45) is 5.92 Å². The van der Waals surface area contributed by atoms with Gasteiger partial charge in [-0.1, -0.05) is 30.3 Å². The minimum atomic E-state index is -0.257. The number of piperazine rings is 1. The molecular formula is C23H34N4O4. The van der Waals surface area contributed by atoms with Crippen LogP contribution in [0.2, 0.25) is 0 Å². The lowest BCUT2D eigenvalue weighted by molar-refractivity contribution is -0.144. The zero-order chi connectivity index (χ0) is 21.8. The quantitative estimate of drug-likeness (QED) is 0.633. The van der Waals surface area contributed by atoms with Gasteiger partial charge in [0, 0.05) is 39.3 Å². The van der Waals surface area contributed by atoms with Gasteiger partial charge in [-0.05, 0) is 37.4 Å². The second-order valence-electron chi connectivity index (χ2n) is 8.93. The normalized spacial score (nSPS) is 26.8. The van der Waals surface area contributed by atoms with Crippen molar-refractivity contribution in [3.05, 3.63) is 35.9 Å². The number of esters is 1. The Bertz CT molecular complexity index is 753. The van der Waals surface area contributed by atoms with E-state index >= 15 is 0 Å². The summed E-state index contributed by atoms with van der Waals surface area (Å²) >= 11 is 0. The van der Waals surface area contributed by atoms with Gasteiger partial charge in [-0.3, -0.25) is 19.5 Å². The van der Waals surface area contributed by atoms with Gasteiger partial charge in [0.05, 0.1) is 20.2 Å². The van der Waals surface area contributed by atoms with Crippen LogP contribution in [0.1, 0.15) is 18.4 Å². The molecule has 3 heterocycles. The van der Waals surface area contributed by atoms with Crippen LogP contribution in [0.25, 0.3) is 0 Å². The van der Waals surface area contributed by atoms with Gasteiger partial charge in [0.1, 0.15) is 0 Å². The Morgan fingerprint density at radius 1 is 1.10 bits per heavy atom. The Hall–Kier alpha value is -2.16. The van der Waals surface area contributed by atoms with E-state index in [0.29, 0.717) is 19.0 Å². The van der Waals surface area contributed by atoms with Gasteiger partial charge in [-0.15, -0.1) is 0 Å². The van der Waals surface area contributed by atoms with E-state index in [-0.39, 0.29) is 24.3 Å². The Morgan fingerprint density at radius 2 is 1.84 bits per heavy atom. The highest BCUT2D eigenvalue weighted by Gasteiger charge is 2.41. The van der Waals surface area contributed by atoms with Gasteiger partial charge in [0.2, 0.25) is 0 Å². The predicted octanol–water partition coefficient (Wildman–Crippen LogP) is 1.47. The molecule has 1 aromatic carbocycles. The SMILES string of the molecule is COC(=O)CN1CCN(C2CN(C)C(=O)O2)CC1C1CCN(Cc2ccccc2)CC1. The molecule has 3 aliphatic heterocycles. The molecule has 0 N–H and O–H groups in total. The second-order valence-corrected chi connectivity index (χ2v) is 8.93. The first kappa shape index (κ1) is 22.0. The van der Waals surface area contributed by atoms with Crippen LogP contribution in [0.3, 0.4) is 0 Å². The molecule has 3 fully saturated rings. The number of likely N-dealkylation sites (N-methyl/N-ethyl adjacent to an activating group) is 1. The molecule has 31 heavy (non-hydrogen) atoms. The molecule has 0 spiro atoms. The van der Waals surface area contributed by atoms with E-state index in [1.807, 2.05) is 0 Å². The molecule has 1 aromatic rings. The molecule has 1 amide bonds. The van der Waals surface area contributed by atoms with Gasteiger partial charge in [-0.25, -0.2) is 4.79 Å². The summed E-state index contributed by atoms with van der Waals surface area (Å²) in [5.41, 5.74) is 1.35. The van der Waals surface area contributed by atoms with Gasteiger partial charge in [-0.2, -0.15) is 0 Å². The number of hydrogen-bond acceptors (Lipinski definition) is 7. The van der Waals surface area contributed by atoms with E-state index < -0.39 is 0 Å². The van der Waals surface area contributed by atoms with E-state index in [0.717, 1.165) is 52.1 Å². The lowest BCUT2D eigenvalue weighted by Crippen LogP contribution is -2.60. The van der Waals surface area contributed by atoms with E-state index in [2.05, 4.69) is 45.0 Å². The van der Waals surface area contributed by atoms with Crippen molar-refractivity contribution in [3.8, 4) is 0 Å². The van der Waals surface area contributed by atoms with E-state index in [1.54, 1.807) is 11.9 Å². The van der Waals surface area contributed by atoms with Crippen LogP contribution in [-0.2, 0) is 20.8 Å². The van der Waals surface area contributed by atoms with Crippen LogP contribution in [0.15, 0.2) is 30.3 Å². The summed E-state index contributed by atoms with van der Waals surface area (Å²) in [6, 6.07) is 10.9. The molecule has 0 saturated carbocycles. The maximum atomic E-state index is 12.0. The zero-order valence-corrected chi connectivity index (χ0v) is 18.6. The maximum Gasteiger partial charge on any atom is 0.411 e. The van der Waals surface area contributed by atoms with Crippen molar-refractivity contribution in [1.82, 2.24) is 19.6 Å². The molecule has 8 nitrogen and oxygen atoms in total. The van der Waals surface area contributed by atoms with Crippen LogP contribution in [-0.4, -0.2) is 104 Å². The summed E-state index contributed by atoms with van der Waals surface area (Å²) in [6.45, 7) is 6.40. The zero-order valence-electron chi connectivity index (χ0n) is 18.6. The highest BCUT2D eigenvalue weighted by molar-refractivity contribution is 5.71. The average molecular weight is 431 g/mol. The first-order valence-corrected chi connectivity index (χ1v) is 11.3. The third-order valence-electron chi connectivity index (χ3n) is 6.94. The lowest BCUT2D eigenvalue weighted by Gasteiger charge is -2.47. The minimum Gasteiger partial charge on any atom is -0.468 e. The largest absolute Gasteiger partial charge is 0.468 e. The van der Waals surface area contributed by atoms with Crippen LogP contribution in [0, 0.1) is 5.92 Å². The molecule has 170 valence electrons. The lowest BCUT2D eigenvalue weighted by atomic mass is 9.86. The molecule has 4 rings (SSSR count). The summed E-state index contributed by atoms with van der Waals surface area (Å²) in [5.74, 6) is 0.321. The van der Waals surface area contributed by atoms with Crippen molar-refractivity contribution in [1.29, 1.82) is 0 Å². The number of methoxy groups -OCH3 is 1. The highest BCUT2D eigenvalue weighted by atomic mass is 16.6. The number of rotatable bonds is 6. The summed E-state index contributed by atoms with van der Waals surface area (Å²) in [7, 11) is 3.22. The summed E-state index contributed by atoms with van der Waals surface area (Å²) in [5, 5.41) is 0. The number of cyclic esters (lactones) is 1. The standard InChI is InChI=1S/C23H34N4O4/c1-24-16-21(31-23(24)29)27-13-12-26(17-22(28)30-2)20(15-27)19-8-10-25(11-9-19)14-18-6-4-3-5-7-18/h3-7,19-21H,8-17H2,1-2H3. The van der Waals surface area contributed by atoms with Gasteiger partial charge in [0.15, 0.2) is 6.23 Å². The van der Waals surface area contributed by atoms with Crippen molar-refractivity contribution < 1.29 is 19.1 Å². The summed E-state index contributed by atoms with van der Waals surface area (Å²) in [6.07, 6.45) is 1.76. The molecule has 0 bridgehead atoms. The monoisotopic (exact) mass is 430 g/mol. The third-order valence-corrected chi connectivity index (χ3v) is 6.94. The maximum absolute atomic E-state index is 12.0. The fourth-order valence-electron chi connectivity index (χ4n) is 5.09. The van der Waals surface area contributed by atoms with E-state index in [4.69, 9.17) is 9.47 Å². The molecule has 0 radical (unpaired) electrons. The molecule has 2 atom stereocenters. The molecule has 2 unspecified atom stereocenters. The third kappa shape index (κ3) is 5.37. The molecule has 3 aliphatic rings. The second kappa shape index (κ2) is 9.97. The van der Waals surface area contributed by atoms with Gasteiger partial charge >= 0.3 is 12.1 Å². The Morgan fingerprint density at radius 3 is 2.48 bits per heavy atom. The number of benzene rings is 1. The van der Waals surface area contributed by atoms with Crippen LogP contribution < -0.4 is 0 Å². The molecule has 8 heteroatoms. The number of ether oxygens (including phenoxy) is 2. The number of carbonyl (C=O) groups is 2. The van der Waals surface area contributed by atoms with E-state index in [1.165, 1.54) is 12.7 Å². The van der Waals surface area contributed by atoms with Crippen molar-refractivity contribution in [3.63, 3.8) is 0 Å².